The van der Waals surface area contributed by atoms with Crippen LogP contribution >= 0.6 is 11.8 Å². The van der Waals surface area contributed by atoms with Gasteiger partial charge >= 0.3 is 0 Å². The normalized spacial score (nSPS) is 24.2. The van der Waals surface area contributed by atoms with Gasteiger partial charge in [0, 0.05) is 17.2 Å². The number of rotatable bonds is 0. The highest BCUT2D eigenvalue weighted by molar-refractivity contribution is 8.03. The van der Waals surface area contributed by atoms with E-state index in [9.17, 15) is 9.59 Å². The Kier molecular flexibility index (Phi) is 1.98. The zero-order valence-electron chi connectivity index (χ0n) is 9.84. The molecule has 1 aliphatic heterocycles. The molecule has 0 saturated heterocycles. The summed E-state index contributed by atoms with van der Waals surface area (Å²) in [5.41, 5.74) is 1.57. The number of ketones is 1. The molecule has 0 aromatic heterocycles. The van der Waals surface area contributed by atoms with E-state index in [-0.39, 0.29) is 11.7 Å². The molecule has 2 aromatic rings. The first-order chi connectivity index (χ1) is 9.22. The van der Waals surface area contributed by atoms with Gasteiger partial charge in [0.15, 0.2) is 4.87 Å². The van der Waals surface area contributed by atoms with Crippen LogP contribution in [0.15, 0.2) is 47.9 Å². The summed E-state index contributed by atoms with van der Waals surface area (Å²) in [6, 6.07) is 11.5. The minimum atomic E-state index is -0.977. The topological polar surface area (TPSA) is 46.2 Å². The average Bonchev–Trinajstić information content (AvgIpc) is 2.65. The molecule has 1 amide bonds. The number of carbonyl (C=O) groups is 2. The highest BCUT2D eigenvalue weighted by Crippen LogP contribution is 2.48. The Morgan fingerprint density at radius 2 is 1.84 bits per heavy atom. The van der Waals surface area contributed by atoms with Crippen LogP contribution in [0.25, 0.3) is 10.8 Å². The van der Waals surface area contributed by atoms with Gasteiger partial charge in [0.1, 0.15) is 0 Å². The second-order valence-corrected chi connectivity index (χ2v) is 5.75. The van der Waals surface area contributed by atoms with Crippen molar-refractivity contribution in [1.82, 2.24) is 5.32 Å². The quantitative estimate of drug-likeness (QED) is 0.798. The molecule has 1 unspecified atom stereocenters. The fourth-order valence-electron chi connectivity index (χ4n) is 2.82. The third-order valence-electron chi connectivity index (χ3n) is 3.61. The monoisotopic (exact) mass is 267 g/mol. The lowest BCUT2D eigenvalue weighted by atomic mass is 10.0. The second kappa shape index (κ2) is 3.48. The van der Waals surface area contributed by atoms with Crippen molar-refractivity contribution in [2.24, 2.45) is 0 Å². The van der Waals surface area contributed by atoms with Gasteiger partial charge in [-0.25, -0.2) is 0 Å². The van der Waals surface area contributed by atoms with Gasteiger partial charge in [0.2, 0.25) is 11.7 Å². The first-order valence-electron chi connectivity index (χ1n) is 5.96. The zero-order valence-corrected chi connectivity index (χ0v) is 10.7. The van der Waals surface area contributed by atoms with Gasteiger partial charge in [-0.3, -0.25) is 9.59 Å². The van der Waals surface area contributed by atoms with Crippen molar-refractivity contribution in [3.8, 4) is 0 Å². The van der Waals surface area contributed by atoms with Crippen molar-refractivity contribution in [3.05, 3.63) is 59.0 Å². The molecule has 4 heteroatoms. The van der Waals surface area contributed by atoms with Crippen LogP contribution < -0.4 is 5.32 Å². The summed E-state index contributed by atoms with van der Waals surface area (Å²) in [4.78, 5) is 23.4. The van der Waals surface area contributed by atoms with Gasteiger partial charge in [-0.15, -0.1) is 0 Å². The number of thioether (sulfide) groups is 1. The SMILES string of the molecule is O=C1C=CSC2(N1)C(=O)c1cccc3cccc2c13. The third kappa shape index (κ3) is 1.24. The Morgan fingerprint density at radius 3 is 2.63 bits per heavy atom. The zero-order chi connectivity index (χ0) is 13.0. The maximum absolute atomic E-state index is 12.7. The lowest BCUT2D eigenvalue weighted by molar-refractivity contribution is -0.117. The maximum atomic E-state index is 12.7. The number of carbonyl (C=O) groups excluding carboxylic acids is 2. The van der Waals surface area contributed by atoms with Gasteiger partial charge in [0.25, 0.3) is 0 Å². The predicted octanol–water partition coefficient (Wildman–Crippen LogP) is 2.57. The van der Waals surface area contributed by atoms with Crippen LogP contribution in [0.1, 0.15) is 15.9 Å². The molecule has 2 aromatic carbocycles. The van der Waals surface area contributed by atoms with Crippen molar-refractivity contribution >= 4 is 34.2 Å². The maximum Gasteiger partial charge on any atom is 0.246 e. The average molecular weight is 267 g/mol. The Hall–Kier alpha value is -2.07. The van der Waals surface area contributed by atoms with Gasteiger partial charge < -0.3 is 5.32 Å². The molecular formula is C15H9NO2S. The lowest BCUT2D eigenvalue weighted by Crippen LogP contribution is -2.47. The van der Waals surface area contributed by atoms with E-state index >= 15 is 0 Å². The third-order valence-corrected chi connectivity index (χ3v) is 4.74. The Labute approximate surface area is 113 Å². The van der Waals surface area contributed by atoms with Crippen LogP contribution in [0.5, 0.6) is 0 Å². The van der Waals surface area contributed by atoms with Gasteiger partial charge in [-0.05, 0) is 16.2 Å². The number of hydrogen-bond acceptors (Lipinski definition) is 3. The van der Waals surface area contributed by atoms with Crippen molar-refractivity contribution in [2.75, 3.05) is 0 Å². The van der Waals surface area contributed by atoms with Crippen LogP contribution in [0, 0.1) is 0 Å². The molecule has 0 radical (unpaired) electrons. The van der Waals surface area contributed by atoms with Crippen LogP contribution in [0.2, 0.25) is 0 Å². The number of amides is 1. The highest BCUT2D eigenvalue weighted by atomic mass is 32.2. The first kappa shape index (κ1) is 10.8. The van der Waals surface area contributed by atoms with Crippen LogP contribution in [0.3, 0.4) is 0 Å². The summed E-state index contributed by atoms with van der Waals surface area (Å²) in [6.45, 7) is 0. The van der Waals surface area contributed by atoms with Gasteiger partial charge in [0.05, 0.1) is 0 Å². The number of benzene rings is 2. The second-order valence-electron chi connectivity index (χ2n) is 4.63. The molecule has 3 nitrogen and oxygen atoms in total. The number of nitrogens with one attached hydrogen (secondary N) is 1. The smallest absolute Gasteiger partial charge is 0.246 e. The summed E-state index contributed by atoms with van der Waals surface area (Å²) in [5, 5.41) is 6.52. The molecule has 1 heterocycles. The standard InChI is InChI=1S/C15H9NO2S/c17-12-7-8-19-15(16-12)11-6-2-4-9-3-1-5-10(13(9)11)14(15)18/h1-8H,(H,16,17). The van der Waals surface area contributed by atoms with E-state index in [1.54, 1.807) is 5.41 Å². The van der Waals surface area contributed by atoms with Crippen molar-refractivity contribution < 1.29 is 9.59 Å². The van der Waals surface area contributed by atoms with Crippen molar-refractivity contribution in [2.45, 2.75) is 4.87 Å². The molecule has 0 saturated carbocycles. The number of Topliss-reactive ketones (excluding diaryl/α,β-unsaturated/α-hetero) is 1. The Balaban J connectivity index is 2.09. The van der Waals surface area contributed by atoms with Crippen LogP contribution in [-0.4, -0.2) is 11.7 Å². The largest absolute Gasteiger partial charge is 0.327 e. The van der Waals surface area contributed by atoms with E-state index in [1.807, 2.05) is 36.4 Å². The molecule has 4 rings (SSSR count). The molecule has 0 bridgehead atoms. The highest BCUT2D eigenvalue weighted by Gasteiger charge is 2.49. The minimum Gasteiger partial charge on any atom is -0.327 e. The molecule has 19 heavy (non-hydrogen) atoms. The Morgan fingerprint density at radius 1 is 1.05 bits per heavy atom. The van der Waals surface area contributed by atoms with Gasteiger partial charge in [-0.1, -0.05) is 48.2 Å². The summed E-state index contributed by atoms with van der Waals surface area (Å²) in [6.07, 6.45) is 1.45. The summed E-state index contributed by atoms with van der Waals surface area (Å²) in [5.74, 6) is -0.265. The van der Waals surface area contributed by atoms with E-state index in [0.29, 0.717) is 5.56 Å². The van der Waals surface area contributed by atoms with Crippen molar-refractivity contribution in [1.29, 1.82) is 0 Å². The fourth-order valence-corrected chi connectivity index (χ4v) is 3.89. The van der Waals surface area contributed by atoms with E-state index in [0.717, 1.165) is 16.3 Å². The van der Waals surface area contributed by atoms with Crippen LogP contribution in [0.4, 0.5) is 0 Å². The number of fused-ring (bicyclic) bond motifs is 1. The van der Waals surface area contributed by atoms with Crippen molar-refractivity contribution in [3.63, 3.8) is 0 Å². The van der Waals surface area contributed by atoms with E-state index in [4.69, 9.17) is 0 Å². The summed E-state index contributed by atoms with van der Waals surface area (Å²) < 4.78 is 0. The van der Waals surface area contributed by atoms with E-state index in [2.05, 4.69) is 5.32 Å². The molecular weight excluding hydrogens is 258 g/mol. The number of hydrogen-bond donors (Lipinski definition) is 1. The fraction of sp³-hybridized carbons (Fsp3) is 0.0667. The lowest BCUT2D eigenvalue weighted by Gasteiger charge is -2.30. The molecule has 1 spiro atoms. The van der Waals surface area contributed by atoms with Gasteiger partial charge in [-0.2, -0.15) is 0 Å². The minimum absolute atomic E-state index is 0.0398. The molecule has 2 aliphatic rings. The molecule has 1 atom stereocenters. The molecule has 1 aliphatic carbocycles. The summed E-state index contributed by atoms with van der Waals surface area (Å²) in [7, 11) is 0. The Bertz CT molecular complexity index is 776. The van der Waals surface area contributed by atoms with E-state index < -0.39 is 4.87 Å². The van der Waals surface area contributed by atoms with Crippen LogP contribution in [-0.2, 0) is 9.67 Å². The predicted molar refractivity (Wildman–Crippen MR) is 74.8 cm³/mol. The van der Waals surface area contributed by atoms with E-state index in [1.165, 1.54) is 17.8 Å². The molecule has 92 valence electrons. The summed E-state index contributed by atoms with van der Waals surface area (Å²) >= 11 is 1.35. The molecule has 0 fully saturated rings. The first-order valence-corrected chi connectivity index (χ1v) is 6.84. The molecule has 1 N–H and O–H groups in total.